The summed E-state index contributed by atoms with van der Waals surface area (Å²) in [6.07, 6.45) is 0.508. The number of rotatable bonds is 19. The second-order valence-electron chi connectivity index (χ2n) is 13.4. The highest BCUT2D eigenvalue weighted by atomic mass is 16.6. The molecule has 1 aliphatic carbocycles. The number of hydrogen-bond donors (Lipinski definition) is 5. The van der Waals surface area contributed by atoms with Crippen molar-refractivity contribution in [3.05, 3.63) is 131 Å². The number of carbonyl (C=O) groups is 5. The number of nitrogens with one attached hydrogen (secondary N) is 4. The van der Waals surface area contributed by atoms with E-state index in [2.05, 4.69) is 21.3 Å². The van der Waals surface area contributed by atoms with E-state index in [-0.39, 0.29) is 44.9 Å². The average Bonchev–Trinajstić information content (AvgIpc) is 3.52. The molecule has 3 atom stereocenters. The summed E-state index contributed by atoms with van der Waals surface area (Å²) in [5, 5.41) is 20.6. The number of carboxylic acids is 1. The largest absolute Gasteiger partial charge is 0.480 e. The van der Waals surface area contributed by atoms with Gasteiger partial charge in [-0.1, -0.05) is 123 Å². The Labute approximate surface area is 321 Å². The van der Waals surface area contributed by atoms with Gasteiger partial charge in [-0.05, 0) is 59.1 Å². The SMILES string of the molecule is CCC[C@H](NC(=O)[C@H](CCCCNC(=O)OCc1ccccc1)NC(=O)OCC1c2ccccc2-c2ccccc21)C(=O)N[C@@H](Cc1ccccc1)C(=O)O. The van der Waals surface area contributed by atoms with Crippen LogP contribution in [0.5, 0.6) is 0 Å². The summed E-state index contributed by atoms with van der Waals surface area (Å²) in [4.78, 5) is 64.8. The highest BCUT2D eigenvalue weighted by Crippen LogP contribution is 2.44. The number of alkyl carbamates (subject to hydrolysis) is 2. The fourth-order valence-electron chi connectivity index (χ4n) is 6.64. The Hall–Kier alpha value is -6.17. The van der Waals surface area contributed by atoms with Gasteiger partial charge in [0.15, 0.2) is 0 Å². The molecule has 0 aromatic heterocycles. The molecule has 5 rings (SSSR count). The van der Waals surface area contributed by atoms with Crippen LogP contribution in [0.4, 0.5) is 9.59 Å². The smallest absolute Gasteiger partial charge is 0.407 e. The highest BCUT2D eigenvalue weighted by Gasteiger charge is 2.32. The van der Waals surface area contributed by atoms with Crippen molar-refractivity contribution < 1.29 is 38.6 Å². The van der Waals surface area contributed by atoms with Crippen LogP contribution < -0.4 is 21.3 Å². The first-order valence-electron chi connectivity index (χ1n) is 18.7. The van der Waals surface area contributed by atoms with E-state index in [0.29, 0.717) is 19.3 Å². The van der Waals surface area contributed by atoms with E-state index in [1.807, 2.05) is 91.9 Å². The molecule has 0 saturated carbocycles. The van der Waals surface area contributed by atoms with Crippen molar-refractivity contribution in [1.82, 2.24) is 21.3 Å². The molecule has 0 heterocycles. The number of benzene rings is 4. The van der Waals surface area contributed by atoms with Crippen molar-refractivity contribution in [2.75, 3.05) is 13.2 Å². The maximum absolute atomic E-state index is 13.8. The van der Waals surface area contributed by atoms with E-state index in [1.54, 1.807) is 24.3 Å². The average molecular weight is 749 g/mol. The highest BCUT2D eigenvalue weighted by molar-refractivity contribution is 5.93. The molecule has 0 bridgehead atoms. The predicted molar refractivity (Wildman–Crippen MR) is 207 cm³/mol. The summed E-state index contributed by atoms with van der Waals surface area (Å²) in [5.74, 6) is -2.65. The summed E-state index contributed by atoms with van der Waals surface area (Å²) in [7, 11) is 0. The van der Waals surface area contributed by atoms with Crippen LogP contribution in [0.2, 0.25) is 0 Å². The minimum atomic E-state index is -1.22. The Kier molecular flexibility index (Phi) is 14.8. The van der Waals surface area contributed by atoms with Crippen LogP contribution in [0.3, 0.4) is 0 Å². The molecule has 0 fully saturated rings. The lowest BCUT2D eigenvalue weighted by Gasteiger charge is -2.24. The van der Waals surface area contributed by atoms with Gasteiger partial charge in [0.2, 0.25) is 11.8 Å². The number of carboxylic acid groups (broad SMARTS) is 1. The third-order valence-electron chi connectivity index (χ3n) is 9.46. The van der Waals surface area contributed by atoms with Crippen LogP contribution in [-0.4, -0.2) is 66.4 Å². The van der Waals surface area contributed by atoms with Gasteiger partial charge in [0, 0.05) is 18.9 Å². The lowest BCUT2D eigenvalue weighted by atomic mass is 9.98. The lowest BCUT2D eigenvalue weighted by Crippen LogP contribution is -2.56. The Balaban J connectivity index is 1.20. The molecule has 0 spiro atoms. The number of fused-ring (bicyclic) bond motifs is 3. The van der Waals surface area contributed by atoms with Crippen LogP contribution >= 0.6 is 0 Å². The molecule has 55 heavy (non-hydrogen) atoms. The number of carbonyl (C=O) groups excluding carboxylic acids is 4. The van der Waals surface area contributed by atoms with Gasteiger partial charge in [0.25, 0.3) is 0 Å². The van der Waals surface area contributed by atoms with Crippen LogP contribution in [-0.2, 0) is 36.9 Å². The van der Waals surface area contributed by atoms with Crippen LogP contribution in [0.25, 0.3) is 11.1 Å². The molecule has 4 aromatic rings. The summed E-state index contributed by atoms with van der Waals surface area (Å²) in [6, 6.07) is 30.8. The van der Waals surface area contributed by atoms with E-state index in [0.717, 1.165) is 33.4 Å². The first-order valence-corrected chi connectivity index (χ1v) is 18.7. The van der Waals surface area contributed by atoms with Gasteiger partial charge in [0.05, 0.1) is 0 Å². The van der Waals surface area contributed by atoms with E-state index >= 15 is 0 Å². The molecule has 4 amide bonds. The molecule has 4 aromatic carbocycles. The van der Waals surface area contributed by atoms with Gasteiger partial charge in [-0.2, -0.15) is 0 Å². The quantitative estimate of drug-likeness (QED) is 0.0718. The lowest BCUT2D eigenvalue weighted by molar-refractivity contribution is -0.142. The zero-order chi connectivity index (χ0) is 39.0. The first kappa shape index (κ1) is 40.0. The molecule has 5 N–H and O–H groups in total. The summed E-state index contributed by atoms with van der Waals surface area (Å²) in [6.45, 7) is 2.29. The molecular formula is C43H48N4O8. The first-order chi connectivity index (χ1) is 26.7. The van der Waals surface area contributed by atoms with E-state index in [4.69, 9.17) is 9.47 Å². The van der Waals surface area contributed by atoms with Gasteiger partial charge < -0.3 is 35.8 Å². The monoisotopic (exact) mass is 748 g/mol. The standard InChI is InChI=1S/C43H48N4O8/c1-2-15-36(39(48)46-38(41(50)51)26-29-16-5-3-6-17-29)45-40(49)37(24-13-14-25-44-42(52)54-27-30-18-7-4-8-19-30)47-43(53)55-28-35-33-22-11-9-20-31(33)32-21-10-12-23-34(32)35/h3-12,16-23,35-38H,2,13-15,24-28H2,1H3,(H,44,52)(H,45,49)(H,46,48)(H,47,53)(H,50,51)/t36-,37-,38-/m0/s1. The number of unbranched alkanes of at least 4 members (excludes halogenated alkanes) is 1. The van der Waals surface area contributed by atoms with Gasteiger partial charge in [-0.15, -0.1) is 0 Å². The number of amides is 4. The zero-order valence-corrected chi connectivity index (χ0v) is 30.9. The van der Waals surface area contributed by atoms with E-state index < -0.39 is 48.1 Å². The fraction of sp³-hybridized carbons (Fsp3) is 0.326. The third-order valence-corrected chi connectivity index (χ3v) is 9.46. The van der Waals surface area contributed by atoms with Crippen molar-refractivity contribution in [2.24, 2.45) is 0 Å². The Morgan fingerprint density at radius 3 is 1.76 bits per heavy atom. The Morgan fingerprint density at radius 1 is 0.618 bits per heavy atom. The minimum absolute atomic E-state index is 0.0437. The van der Waals surface area contributed by atoms with Gasteiger partial charge >= 0.3 is 18.2 Å². The van der Waals surface area contributed by atoms with Crippen LogP contribution in [0, 0.1) is 0 Å². The molecular weight excluding hydrogens is 700 g/mol. The zero-order valence-electron chi connectivity index (χ0n) is 30.9. The normalized spacial score (nSPS) is 13.3. The van der Waals surface area contributed by atoms with Gasteiger partial charge in [-0.3, -0.25) is 9.59 Å². The molecule has 12 nitrogen and oxygen atoms in total. The second-order valence-corrected chi connectivity index (χ2v) is 13.4. The maximum atomic E-state index is 13.8. The molecule has 0 unspecified atom stereocenters. The predicted octanol–water partition coefficient (Wildman–Crippen LogP) is 6.09. The van der Waals surface area contributed by atoms with Crippen molar-refractivity contribution in [1.29, 1.82) is 0 Å². The second kappa shape index (κ2) is 20.3. The summed E-state index contributed by atoms with van der Waals surface area (Å²) >= 11 is 0. The molecule has 0 aliphatic heterocycles. The fourth-order valence-corrected chi connectivity index (χ4v) is 6.64. The molecule has 0 saturated heterocycles. The molecule has 0 radical (unpaired) electrons. The molecule has 288 valence electrons. The number of aliphatic carboxylic acids is 1. The number of ether oxygens (including phenoxy) is 2. The Morgan fingerprint density at radius 2 is 1.16 bits per heavy atom. The van der Waals surface area contributed by atoms with Crippen molar-refractivity contribution in [2.45, 2.75) is 76.1 Å². The van der Waals surface area contributed by atoms with Crippen LogP contribution in [0.15, 0.2) is 109 Å². The number of hydrogen-bond acceptors (Lipinski definition) is 7. The Bertz CT molecular complexity index is 1860. The van der Waals surface area contributed by atoms with Crippen molar-refractivity contribution in [3.8, 4) is 11.1 Å². The van der Waals surface area contributed by atoms with E-state index in [9.17, 15) is 29.1 Å². The molecule has 1 aliphatic rings. The van der Waals surface area contributed by atoms with Crippen molar-refractivity contribution in [3.63, 3.8) is 0 Å². The van der Waals surface area contributed by atoms with Crippen LogP contribution in [0.1, 0.15) is 67.2 Å². The van der Waals surface area contributed by atoms with Crippen molar-refractivity contribution >= 4 is 30.0 Å². The molecule has 12 heteroatoms. The van der Waals surface area contributed by atoms with E-state index in [1.165, 1.54) is 0 Å². The summed E-state index contributed by atoms with van der Waals surface area (Å²) < 4.78 is 11.0. The topological polar surface area (TPSA) is 172 Å². The third kappa shape index (κ3) is 11.7. The summed E-state index contributed by atoms with van der Waals surface area (Å²) in [5.41, 5.74) is 5.84. The minimum Gasteiger partial charge on any atom is -0.480 e. The maximum Gasteiger partial charge on any atom is 0.407 e. The van der Waals surface area contributed by atoms with Gasteiger partial charge in [-0.25, -0.2) is 14.4 Å². The van der Waals surface area contributed by atoms with Gasteiger partial charge in [0.1, 0.15) is 31.3 Å².